The molecule has 0 amide bonds. The largest absolute Gasteiger partial charge is 0.467 e. The molecule has 3 rings (SSSR count). The molecule has 0 radical (unpaired) electrons. The number of benzene rings is 1. The van der Waals surface area contributed by atoms with E-state index < -0.39 is 0 Å². The maximum atomic E-state index is 6.13. The lowest BCUT2D eigenvalue weighted by molar-refractivity contribution is 0.507. The van der Waals surface area contributed by atoms with E-state index in [1.54, 1.807) is 6.26 Å². The lowest BCUT2D eigenvalue weighted by atomic mass is 10.1. The lowest BCUT2D eigenvalue weighted by Crippen LogP contribution is -2.21. The molecule has 2 aromatic rings. The number of halogens is 1. The van der Waals surface area contributed by atoms with Crippen LogP contribution in [0.4, 0.5) is 5.69 Å². The molecule has 3 nitrogen and oxygen atoms in total. The van der Waals surface area contributed by atoms with E-state index in [9.17, 15) is 0 Å². The van der Waals surface area contributed by atoms with Gasteiger partial charge in [-0.15, -0.1) is 0 Å². The number of nitrogens with one attached hydrogen (secondary N) is 1. The predicted molar refractivity (Wildman–Crippen MR) is 82.1 cm³/mol. The second-order valence-corrected chi connectivity index (χ2v) is 5.80. The van der Waals surface area contributed by atoms with Crippen molar-refractivity contribution in [2.24, 2.45) is 0 Å². The maximum absolute atomic E-state index is 6.13. The van der Waals surface area contributed by atoms with Crippen LogP contribution in [0.3, 0.4) is 0 Å². The molecular formula is C16H19ClN2O. The van der Waals surface area contributed by atoms with Gasteiger partial charge in [0.1, 0.15) is 5.76 Å². The Morgan fingerprint density at radius 2 is 2.20 bits per heavy atom. The summed E-state index contributed by atoms with van der Waals surface area (Å²) >= 11 is 6.13. The zero-order valence-corrected chi connectivity index (χ0v) is 12.4. The molecule has 1 saturated carbocycles. The van der Waals surface area contributed by atoms with Crippen LogP contribution in [0, 0.1) is 0 Å². The molecule has 1 aliphatic carbocycles. The van der Waals surface area contributed by atoms with Crippen molar-refractivity contribution < 1.29 is 4.42 Å². The van der Waals surface area contributed by atoms with Gasteiger partial charge in [0.2, 0.25) is 0 Å². The van der Waals surface area contributed by atoms with Gasteiger partial charge in [-0.25, -0.2) is 0 Å². The number of nitrogens with zero attached hydrogens (tertiary/aromatic N) is 1. The number of anilines is 1. The summed E-state index contributed by atoms with van der Waals surface area (Å²) < 4.78 is 5.41. The summed E-state index contributed by atoms with van der Waals surface area (Å²) in [6.45, 7) is 1.62. The van der Waals surface area contributed by atoms with Crippen molar-refractivity contribution in [1.82, 2.24) is 5.32 Å². The van der Waals surface area contributed by atoms with Crippen LogP contribution in [-0.4, -0.2) is 13.1 Å². The van der Waals surface area contributed by atoms with Gasteiger partial charge in [0, 0.05) is 30.3 Å². The second-order valence-electron chi connectivity index (χ2n) is 5.36. The molecule has 0 unspecified atom stereocenters. The SMILES string of the molecule is CN(Cc1ccco1)c1ccc(Cl)cc1CNC1CC1. The fourth-order valence-electron chi connectivity index (χ4n) is 2.33. The standard InChI is InChI=1S/C16H19ClN2O/c1-19(11-15-3-2-8-20-15)16-7-4-13(17)9-12(16)10-18-14-5-6-14/h2-4,7-9,14,18H,5-6,10-11H2,1H3. The molecule has 0 spiro atoms. The molecule has 106 valence electrons. The molecule has 1 fully saturated rings. The number of hydrogen-bond acceptors (Lipinski definition) is 3. The molecule has 1 heterocycles. The summed E-state index contributed by atoms with van der Waals surface area (Å²) in [4.78, 5) is 2.19. The van der Waals surface area contributed by atoms with E-state index >= 15 is 0 Å². The van der Waals surface area contributed by atoms with Gasteiger partial charge >= 0.3 is 0 Å². The Balaban J connectivity index is 1.75. The predicted octanol–water partition coefficient (Wildman–Crippen LogP) is 3.82. The van der Waals surface area contributed by atoms with E-state index in [-0.39, 0.29) is 0 Å². The highest BCUT2D eigenvalue weighted by Gasteiger charge is 2.21. The summed E-state index contributed by atoms with van der Waals surface area (Å²) in [6, 6.07) is 10.7. The summed E-state index contributed by atoms with van der Waals surface area (Å²) in [7, 11) is 2.08. The number of rotatable bonds is 6. The molecule has 0 saturated heterocycles. The smallest absolute Gasteiger partial charge is 0.123 e. The van der Waals surface area contributed by atoms with Crippen molar-refractivity contribution in [1.29, 1.82) is 0 Å². The minimum absolute atomic E-state index is 0.692. The Labute approximate surface area is 124 Å². The molecular weight excluding hydrogens is 272 g/mol. The second kappa shape index (κ2) is 5.90. The third-order valence-electron chi connectivity index (χ3n) is 3.58. The summed E-state index contributed by atoms with van der Waals surface area (Å²) in [5.74, 6) is 0.962. The van der Waals surface area contributed by atoms with Crippen LogP contribution in [-0.2, 0) is 13.1 Å². The van der Waals surface area contributed by atoms with Crippen LogP contribution in [0.5, 0.6) is 0 Å². The van der Waals surface area contributed by atoms with Gasteiger partial charge < -0.3 is 14.6 Å². The Morgan fingerprint density at radius 1 is 1.35 bits per heavy atom. The highest BCUT2D eigenvalue weighted by atomic mass is 35.5. The fourth-order valence-corrected chi connectivity index (χ4v) is 2.53. The molecule has 1 aromatic heterocycles. The number of hydrogen-bond donors (Lipinski definition) is 1. The van der Waals surface area contributed by atoms with Crippen LogP contribution in [0.1, 0.15) is 24.2 Å². The molecule has 1 aromatic carbocycles. The molecule has 1 aliphatic rings. The Morgan fingerprint density at radius 3 is 2.90 bits per heavy atom. The number of furan rings is 1. The first-order valence-electron chi connectivity index (χ1n) is 6.98. The average Bonchev–Trinajstić information content (AvgIpc) is 3.13. The van der Waals surface area contributed by atoms with Crippen LogP contribution in [0.15, 0.2) is 41.0 Å². The average molecular weight is 291 g/mol. The van der Waals surface area contributed by atoms with Crippen molar-refractivity contribution in [2.75, 3.05) is 11.9 Å². The zero-order chi connectivity index (χ0) is 13.9. The van der Waals surface area contributed by atoms with E-state index in [4.69, 9.17) is 16.0 Å². The normalized spacial score (nSPS) is 14.5. The van der Waals surface area contributed by atoms with Gasteiger partial charge in [-0.3, -0.25) is 0 Å². The summed E-state index contributed by atoms with van der Waals surface area (Å²) in [5.41, 5.74) is 2.43. The molecule has 20 heavy (non-hydrogen) atoms. The first kappa shape index (κ1) is 13.5. The van der Waals surface area contributed by atoms with Gasteiger partial charge in [-0.05, 0) is 48.7 Å². The third-order valence-corrected chi connectivity index (χ3v) is 3.82. The summed E-state index contributed by atoms with van der Waals surface area (Å²) in [6.07, 6.45) is 4.29. The Bertz CT molecular complexity index is 564. The maximum Gasteiger partial charge on any atom is 0.123 e. The lowest BCUT2D eigenvalue weighted by Gasteiger charge is -2.22. The van der Waals surface area contributed by atoms with Crippen LogP contribution in [0.2, 0.25) is 5.02 Å². The van der Waals surface area contributed by atoms with Crippen molar-refractivity contribution in [3.8, 4) is 0 Å². The van der Waals surface area contributed by atoms with Crippen LogP contribution < -0.4 is 10.2 Å². The van der Waals surface area contributed by atoms with Crippen molar-refractivity contribution in [2.45, 2.75) is 32.0 Å². The van der Waals surface area contributed by atoms with Crippen molar-refractivity contribution >= 4 is 17.3 Å². The van der Waals surface area contributed by atoms with Crippen LogP contribution >= 0.6 is 11.6 Å². The van der Waals surface area contributed by atoms with Crippen molar-refractivity contribution in [3.63, 3.8) is 0 Å². The first-order chi connectivity index (χ1) is 9.72. The van der Waals surface area contributed by atoms with Gasteiger partial charge in [0.15, 0.2) is 0 Å². The van der Waals surface area contributed by atoms with E-state index in [0.29, 0.717) is 6.04 Å². The van der Waals surface area contributed by atoms with E-state index in [1.165, 1.54) is 24.1 Å². The van der Waals surface area contributed by atoms with Gasteiger partial charge in [0.25, 0.3) is 0 Å². The minimum Gasteiger partial charge on any atom is -0.467 e. The monoisotopic (exact) mass is 290 g/mol. The minimum atomic E-state index is 0.692. The Hall–Kier alpha value is -1.45. The third kappa shape index (κ3) is 3.35. The van der Waals surface area contributed by atoms with Crippen molar-refractivity contribution in [3.05, 3.63) is 52.9 Å². The highest BCUT2D eigenvalue weighted by molar-refractivity contribution is 6.30. The topological polar surface area (TPSA) is 28.4 Å². The van der Waals surface area contributed by atoms with Gasteiger partial charge in [-0.2, -0.15) is 0 Å². The molecule has 0 atom stereocenters. The Kier molecular flexibility index (Phi) is 3.99. The zero-order valence-electron chi connectivity index (χ0n) is 11.6. The van der Waals surface area contributed by atoms with Crippen LogP contribution in [0.25, 0.3) is 0 Å². The van der Waals surface area contributed by atoms with E-state index in [0.717, 1.165) is 23.9 Å². The van der Waals surface area contributed by atoms with Gasteiger partial charge in [0.05, 0.1) is 12.8 Å². The molecule has 1 N–H and O–H groups in total. The quantitative estimate of drug-likeness (QED) is 0.877. The van der Waals surface area contributed by atoms with Gasteiger partial charge in [-0.1, -0.05) is 11.6 Å². The molecule has 4 heteroatoms. The summed E-state index contributed by atoms with van der Waals surface area (Å²) in [5, 5.41) is 4.33. The molecule has 0 bridgehead atoms. The highest BCUT2D eigenvalue weighted by Crippen LogP contribution is 2.26. The fraction of sp³-hybridized carbons (Fsp3) is 0.375. The van der Waals surface area contributed by atoms with E-state index in [1.807, 2.05) is 24.3 Å². The van der Waals surface area contributed by atoms with E-state index in [2.05, 4.69) is 23.3 Å². The molecule has 0 aliphatic heterocycles. The first-order valence-corrected chi connectivity index (χ1v) is 7.35.